The summed E-state index contributed by atoms with van der Waals surface area (Å²) >= 11 is 0. The average Bonchev–Trinajstić information content (AvgIpc) is 1.76. The number of aromatic amines is 2. The summed E-state index contributed by atoms with van der Waals surface area (Å²) < 4.78 is 65.0. The molecule has 10 atom stereocenters. The fraction of sp³-hybridized carbons (Fsp3) is 0.592. The van der Waals surface area contributed by atoms with Gasteiger partial charge in [0.2, 0.25) is 0 Å². The third kappa shape index (κ3) is 25.2. The van der Waals surface area contributed by atoms with Crippen LogP contribution in [0.3, 0.4) is 0 Å². The van der Waals surface area contributed by atoms with Gasteiger partial charge in [-0.2, -0.15) is 0 Å². The van der Waals surface area contributed by atoms with E-state index < -0.39 is 41.8 Å². The van der Waals surface area contributed by atoms with Crippen molar-refractivity contribution in [3.8, 4) is 0 Å². The molecule has 0 fully saturated rings. The second-order valence-corrected chi connectivity index (χ2v) is 30.5. The minimum Gasteiger partial charge on any atom is -0.378 e. The second kappa shape index (κ2) is 37.3. The van der Waals surface area contributed by atoms with E-state index in [0.29, 0.717) is 73.5 Å². The summed E-state index contributed by atoms with van der Waals surface area (Å²) in [6.07, 6.45) is 23.4. The van der Waals surface area contributed by atoms with Crippen LogP contribution in [0.2, 0.25) is 0 Å². The summed E-state index contributed by atoms with van der Waals surface area (Å²) in [6, 6.07) is -0.424. The molecule has 4 aromatic rings. The van der Waals surface area contributed by atoms with Crippen LogP contribution in [-0.4, -0.2) is 148 Å². The van der Waals surface area contributed by atoms with Crippen molar-refractivity contribution in [3.63, 3.8) is 0 Å². The highest BCUT2D eigenvalue weighted by molar-refractivity contribution is 5.80. The van der Waals surface area contributed by atoms with Crippen LogP contribution in [0.4, 0.5) is 4.79 Å². The largest absolute Gasteiger partial charge is 0.378 e. The highest BCUT2D eigenvalue weighted by Gasteiger charge is 2.33. The Morgan fingerprint density at radius 1 is 0.457 bits per heavy atom. The molecule has 4 aromatic heterocycles. The third-order valence-electron chi connectivity index (χ3n) is 16.1. The number of allylic oxidation sites excluding steroid dienone is 1. The predicted molar refractivity (Wildman–Crippen MR) is 399 cm³/mol. The lowest BCUT2D eigenvalue weighted by molar-refractivity contribution is -0.0755. The van der Waals surface area contributed by atoms with Crippen molar-refractivity contribution in [3.05, 3.63) is 215 Å². The van der Waals surface area contributed by atoms with Crippen LogP contribution in [0, 0.1) is 33.6 Å². The third-order valence-corrected chi connectivity index (χ3v) is 16.1. The first kappa shape index (κ1) is 85.7. The molecule has 580 valence electrons. The second-order valence-electron chi connectivity index (χ2n) is 30.5. The van der Waals surface area contributed by atoms with Gasteiger partial charge in [0, 0.05) is 77.1 Å². The Labute approximate surface area is 613 Å². The van der Waals surface area contributed by atoms with Crippen LogP contribution in [0.15, 0.2) is 148 Å². The van der Waals surface area contributed by atoms with Gasteiger partial charge in [-0.05, 0) is 180 Å². The monoisotopic (exact) mass is 1470 g/mol. The van der Waals surface area contributed by atoms with Crippen molar-refractivity contribution in [1.82, 2.24) is 47.6 Å². The number of hydrogen-bond acceptors (Lipinski definition) is 19. The first-order valence-corrected chi connectivity index (χ1v) is 35.5. The number of hydrogen-bond donors (Lipinski definition) is 3. The molecule has 0 saturated heterocycles. The van der Waals surface area contributed by atoms with Gasteiger partial charge in [-0.25, -0.2) is 24.0 Å². The van der Waals surface area contributed by atoms with Crippen LogP contribution in [0.5, 0.6) is 0 Å². The van der Waals surface area contributed by atoms with Crippen LogP contribution in [0.1, 0.15) is 178 Å². The van der Waals surface area contributed by atoms with Crippen molar-refractivity contribution < 1.29 is 52.2 Å². The number of rotatable bonds is 20. The van der Waals surface area contributed by atoms with Gasteiger partial charge in [-0.15, -0.1) is 0 Å². The van der Waals surface area contributed by atoms with Gasteiger partial charge in [0.05, 0.1) is 56.4 Å². The van der Waals surface area contributed by atoms with Crippen LogP contribution in [-0.2, 0) is 52.9 Å². The Balaban J connectivity index is 0.000000206. The molecule has 29 nitrogen and oxygen atoms in total. The zero-order valence-electron chi connectivity index (χ0n) is 65.1. The number of nitrogens with zero attached hydrogens (tertiary/aromatic N) is 7. The molecule has 2 amide bonds. The molecule has 0 radical (unpaired) electrons. The Morgan fingerprint density at radius 2 is 0.819 bits per heavy atom. The number of aryl methyl sites for hydroxylation is 4. The molecular weight excluding hydrogens is 1360 g/mol. The van der Waals surface area contributed by atoms with Crippen molar-refractivity contribution in [2.45, 2.75) is 249 Å². The molecule has 10 heterocycles. The van der Waals surface area contributed by atoms with E-state index in [1.165, 1.54) is 44.7 Å². The number of urea groups is 1. The van der Waals surface area contributed by atoms with Gasteiger partial charge in [0.15, 0.2) is 31.1 Å². The molecule has 0 saturated carbocycles. The highest BCUT2D eigenvalue weighted by atomic mass is 16.6. The zero-order chi connectivity index (χ0) is 78.3. The molecule has 29 heteroatoms. The molecule has 10 rings (SSSR count). The Bertz CT molecular complexity index is 4340. The summed E-state index contributed by atoms with van der Waals surface area (Å²) in [5.41, 5.74) is -0.506. The molecule has 0 bridgehead atoms. The zero-order valence-corrected chi connectivity index (χ0v) is 65.1. The molecule has 6 aliphatic rings. The number of H-pyrrole nitrogens is 2. The average molecular weight is 1470 g/mol. The number of aromatic nitrogens is 8. The number of carbonyl (C=O) groups excluding carboxylic acids is 1. The lowest BCUT2D eigenvalue weighted by atomic mass is 10.1. The highest BCUT2D eigenvalue weighted by Crippen LogP contribution is 2.27. The fourth-order valence-electron chi connectivity index (χ4n) is 10.6. The maximum absolute atomic E-state index is 12.8. The van der Waals surface area contributed by atoms with E-state index in [4.69, 9.17) is 47.4 Å². The molecule has 3 N–H and O–H groups in total. The van der Waals surface area contributed by atoms with Crippen molar-refractivity contribution in [1.29, 1.82) is 0 Å². The van der Waals surface area contributed by atoms with E-state index in [1.807, 2.05) is 159 Å². The number of carbonyl (C=O) groups is 1. The number of amides is 2. The summed E-state index contributed by atoms with van der Waals surface area (Å²) in [4.78, 5) is 114. The van der Waals surface area contributed by atoms with Crippen molar-refractivity contribution in [2.24, 2.45) is 5.92 Å². The minimum absolute atomic E-state index is 0.112. The topological polar surface area (TPSA) is 322 Å². The maximum Gasteiger partial charge on any atom is 0.333 e. The van der Waals surface area contributed by atoms with E-state index in [2.05, 4.69) is 35.7 Å². The SMILES string of the molecule is C=C1NC(=O)N([C@H]2C=C[C@@H](COC(C)C)O2)C=C1C.Cc1cn([C@H]2C=C[C@@H](COC(C)(C)C)O2)c(=O)[nH]c1=O.Cc1cn([C@H]2C=C[C@@H](COC(C)(C)C)O2)c(=O)n(C(C)(C)C)c1=O.Cc1cn([C@H]2C=C[C@@H](COC(C)C)O2)c(=O)n(C(C)C)c1=O.Cc1cn([C@H]2C=C[C@@H](COCC(C)C)O2)c(=O)[nH]c1=O. The molecule has 0 aliphatic carbocycles. The first-order chi connectivity index (χ1) is 48.9. The summed E-state index contributed by atoms with van der Waals surface area (Å²) in [5, 5.41) is 2.70. The van der Waals surface area contributed by atoms with Gasteiger partial charge in [0.1, 0.15) is 30.5 Å². The molecular formula is C76H112N10O19. The van der Waals surface area contributed by atoms with Crippen molar-refractivity contribution >= 4 is 6.03 Å². The number of nitrogens with one attached hydrogen (secondary N) is 3. The lowest BCUT2D eigenvalue weighted by Gasteiger charge is -2.30. The summed E-state index contributed by atoms with van der Waals surface area (Å²) in [7, 11) is 0. The lowest BCUT2D eigenvalue weighted by Crippen LogP contribution is -2.49. The van der Waals surface area contributed by atoms with Gasteiger partial charge in [-0.1, -0.05) is 50.8 Å². The van der Waals surface area contributed by atoms with Crippen LogP contribution >= 0.6 is 0 Å². The smallest absolute Gasteiger partial charge is 0.333 e. The van der Waals surface area contributed by atoms with Crippen LogP contribution in [0.25, 0.3) is 0 Å². The normalized spacial score (nSPS) is 22.6. The molecule has 6 aliphatic heterocycles. The summed E-state index contributed by atoms with van der Waals surface area (Å²) in [5.74, 6) is 0.473. The Morgan fingerprint density at radius 3 is 1.21 bits per heavy atom. The molecule has 0 unspecified atom stereocenters. The Kier molecular flexibility index (Phi) is 30.5. The Hall–Kier alpha value is -8.23. The predicted octanol–water partition coefficient (Wildman–Crippen LogP) is 8.34. The van der Waals surface area contributed by atoms with E-state index in [0.717, 1.165) is 5.57 Å². The van der Waals surface area contributed by atoms with Crippen LogP contribution < -0.4 is 50.3 Å². The van der Waals surface area contributed by atoms with Crippen molar-refractivity contribution in [2.75, 3.05) is 39.6 Å². The van der Waals surface area contributed by atoms with E-state index in [9.17, 15) is 43.2 Å². The maximum atomic E-state index is 12.8. The van der Waals surface area contributed by atoms with Gasteiger partial charge < -0.3 is 52.7 Å². The van der Waals surface area contributed by atoms with E-state index in [1.54, 1.807) is 58.4 Å². The fourth-order valence-corrected chi connectivity index (χ4v) is 10.6. The van der Waals surface area contributed by atoms with E-state index >= 15 is 0 Å². The van der Waals surface area contributed by atoms with Gasteiger partial charge >= 0.3 is 28.8 Å². The molecule has 105 heavy (non-hydrogen) atoms. The first-order valence-electron chi connectivity index (χ1n) is 35.5. The van der Waals surface area contributed by atoms with Gasteiger partial charge in [-0.3, -0.25) is 61.4 Å². The standard InChI is InChI=1S/C18H28N2O4.C16H24N2O4.2C14H20N2O4.C14H20N2O3/c1-12-10-19(16(22)20(15(12)21)17(2,3)4)14-9-8-13(24-14)11-23-18(5,6)7;1-10(2)18-15(19)12(5)8-17(16(18)20)14-7-6-13(22-14)9-21-11(3)4;1-9-7-16(13(18)15-12(9)17)11-6-5-10(20-11)8-19-14(2,3)4;1-9(2)7-19-8-11-4-5-12(20-11)16-6-10(3)13(17)15-14(16)18;1-9(2)18-8-12-5-6-13(19-12)16-7-10(3)11(4)15-14(16)17/h8-10,13-14H,11H2,1-7H3;6-8,10-11,13-14H,9H2,1-5H3;5-7,10-11H,8H2,1-4H3,(H,15,17,18);4-6,9,11-12H,7-8H2,1-3H3,(H,15,17,18);5-7,9,12-13H,4,8H2,1-3H3,(H,15,17)/t2*13-,14+;10-,11+;11-,12+;12-,13+/m00000/s1. The van der Waals surface area contributed by atoms with E-state index in [-0.39, 0.29) is 106 Å². The molecule has 0 spiro atoms. The summed E-state index contributed by atoms with van der Waals surface area (Å²) in [6.45, 7) is 48.3. The number of ether oxygens (including phenoxy) is 10. The quantitative estimate of drug-likeness (QED) is 0.0700. The molecule has 0 aromatic carbocycles. The van der Waals surface area contributed by atoms with Gasteiger partial charge in [0.25, 0.3) is 22.2 Å². The minimum atomic E-state index is -0.598.